The standard InChI is InChI=1S/C14H14N4O2/c1-2-3-7-20-14(19)11-5-4-6-12(8-11)17-18-13(9-15)10-16/h4-6,8,17H,2-3,7H2,1H3. The third-order valence-corrected chi connectivity index (χ3v) is 2.34. The SMILES string of the molecule is CCCCOC(=O)c1cccc(NN=C(C#N)C#N)c1. The minimum Gasteiger partial charge on any atom is -0.462 e. The summed E-state index contributed by atoms with van der Waals surface area (Å²) in [7, 11) is 0. The van der Waals surface area contributed by atoms with E-state index in [4.69, 9.17) is 15.3 Å². The Labute approximate surface area is 117 Å². The zero-order valence-electron chi connectivity index (χ0n) is 11.1. The Hall–Kier alpha value is -2.86. The lowest BCUT2D eigenvalue weighted by atomic mass is 10.2. The van der Waals surface area contributed by atoms with E-state index < -0.39 is 5.97 Å². The Morgan fingerprint density at radius 2 is 2.15 bits per heavy atom. The molecule has 0 saturated carbocycles. The normalized spacial score (nSPS) is 8.95. The Bertz CT molecular complexity index is 566. The van der Waals surface area contributed by atoms with E-state index in [0.717, 1.165) is 12.8 Å². The Kier molecular flexibility index (Phi) is 6.29. The molecule has 0 heterocycles. The van der Waals surface area contributed by atoms with Crippen LogP contribution in [0.5, 0.6) is 0 Å². The molecule has 0 amide bonds. The monoisotopic (exact) mass is 270 g/mol. The molecule has 1 aromatic rings. The van der Waals surface area contributed by atoms with E-state index in [2.05, 4.69) is 10.5 Å². The minimum atomic E-state index is -0.410. The van der Waals surface area contributed by atoms with Crippen LogP contribution in [0.3, 0.4) is 0 Å². The van der Waals surface area contributed by atoms with Crippen LogP contribution in [-0.2, 0) is 4.74 Å². The first-order valence-corrected chi connectivity index (χ1v) is 6.12. The van der Waals surface area contributed by atoms with E-state index >= 15 is 0 Å². The molecule has 0 fully saturated rings. The van der Waals surface area contributed by atoms with Gasteiger partial charge >= 0.3 is 5.97 Å². The third-order valence-electron chi connectivity index (χ3n) is 2.34. The van der Waals surface area contributed by atoms with Crippen LogP contribution in [0.15, 0.2) is 29.4 Å². The molecule has 1 aromatic carbocycles. The van der Waals surface area contributed by atoms with E-state index in [1.165, 1.54) is 0 Å². The highest BCUT2D eigenvalue weighted by Crippen LogP contribution is 2.12. The van der Waals surface area contributed by atoms with E-state index in [1.54, 1.807) is 36.4 Å². The maximum Gasteiger partial charge on any atom is 0.338 e. The zero-order valence-corrected chi connectivity index (χ0v) is 11.1. The molecule has 102 valence electrons. The average molecular weight is 270 g/mol. The molecule has 0 aliphatic carbocycles. The molecule has 0 aliphatic rings. The predicted molar refractivity (Wildman–Crippen MR) is 73.9 cm³/mol. The fraction of sp³-hybridized carbons (Fsp3) is 0.286. The number of carbonyl (C=O) groups excluding carboxylic acids is 1. The Morgan fingerprint density at radius 3 is 2.80 bits per heavy atom. The minimum absolute atomic E-state index is 0.291. The van der Waals surface area contributed by atoms with Gasteiger partial charge in [-0.1, -0.05) is 19.4 Å². The lowest BCUT2D eigenvalue weighted by Crippen LogP contribution is -2.06. The molecule has 20 heavy (non-hydrogen) atoms. The fourth-order valence-corrected chi connectivity index (χ4v) is 1.30. The van der Waals surface area contributed by atoms with Crippen LogP contribution in [0.2, 0.25) is 0 Å². The van der Waals surface area contributed by atoms with Crippen molar-refractivity contribution >= 4 is 17.4 Å². The number of hydrazone groups is 1. The summed E-state index contributed by atoms with van der Waals surface area (Å²) in [5, 5.41) is 20.7. The number of anilines is 1. The topological polar surface area (TPSA) is 98.3 Å². The second-order valence-corrected chi connectivity index (χ2v) is 3.87. The van der Waals surface area contributed by atoms with Gasteiger partial charge in [-0.25, -0.2) is 4.79 Å². The number of nitrogens with one attached hydrogen (secondary N) is 1. The van der Waals surface area contributed by atoms with Gasteiger partial charge in [0.05, 0.1) is 17.9 Å². The van der Waals surface area contributed by atoms with Gasteiger partial charge in [0, 0.05) is 0 Å². The summed E-state index contributed by atoms with van der Waals surface area (Å²) >= 11 is 0. The van der Waals surface area contributed by atoms with Crippen molar-refractivity contribution in [1.29, 1.82) is 10.5 Å². The van der Waals surface area contributed by atoms with E-state index in [9.17, 15) is 4.79 Å². The van der Waals surface area contributed by atoms with Crippen molar-refractivity contribution in [2.24, 2.45) is 5.10 Å². The van der Waals surface area contributed by atoms with Gasteiger partial charge in [0.15, 0.2) is 0 Å². The Morgan fingerprint density at radius 1 is 1.40 bits per heavy atom. The highest BCUT2D eigenvalue weighted by atomic mass is 16.5. The summed E-state index contributed by atoms with van der Waals surface area (Å²) in [5.74, 6) is -0.410. The van der Waals surface area contributed by atoms with Crippen molar-refractivity contribution in [2.45, 2.75) is 19.8 Å². The molecule has 0 aliphatic heterocycles. The first-order chi connectivity index (χ1) is 9.71. The number of nitriles is 2. The number of hydrogen-bond acceptors (Lipinski definition) is 6. The molecular weight excluding hydrogens is 256 g/mol. The summed E-state index contributed by atoms with van der Waals surface area (Å²) in [5.41, 5.74) is 3.14. The van der Waals surface area contributed by atoms with Crippen LogP contribution in [-0.4, -0.2) is 18.3 Å². The third kappa shape index (κ3) is 4.79. The first kappa shape index (κ1) is 15.2. The van der Waals surface area contributed by atoms with E-state index in [1.807, 2.05) is 6.92 Å². The van der Waals surface area contributed by atoms with Gasteiger partial charge < -0.3 is 4.74 Å². The molecule has 0 radical (unpaired) electrons. The molecule has 1 N–H and O–H groups in total. The summed E-state index contributed by atoms with van der Waals surface area (Å²) < 4.78 is 5.08. The van der Waals surface area contributed by atoms with Gasteiger partial charge in [0.25, 0.3) is 0 Å². The summed E-state index contributed by atoms with van der Waals surface area (Å²) in [4.78, 5) is 11.7. The van der Waals surface area contributed by atoms with Crippen LogP contribution in [0, 0.1) is 22.7 Å². The second kappa shape index (κ2) is 8.28. The van der Waals surface area contributed by atoms with E-state index in [-0.39, 0.29) is 5.71 Å². The molecule has 0 atom stereocenters. The second-order valence-electron chi connectivity index (χ2n) is 3.87. The van der Waals surface area contributed by atoms with Crippen molar-refractivity contribution in [3.05, 3.63) is 29.8 Å². The zero-order chi connectivity index (χ0) is 14.8. The van der Waals surface area contributed by atoms with Crippen LogP contribution in [0.4, 0.5) is 5.69 Å². The first-order valence-electron chi connectivity index (χ1n) is 6.12. The van der Waals surface area contributed by atoms with Crippen molar-refractivity contribution in [2.75, 3.05) is 12.0 Å². The molecule has 0 bridgehead atoms. The van der Waals surface area contributed by atoms with Gasteiger partial charge in [-0.3, -0.25) is 5.43 Å². The predicted octanol–water partition coefficient (Wildman–Crippen LogP) is 2.46. The number of ether oxygens (including phenoxy) is 1. The number of unbranched alkanes of at least 4 members (excludes halogenated alkanes) is 1. The number of benzene rings is 1. The van der Waals surface area contributed by atoms with Crippen molar-refractivity contribution in [3.8, 4) is 12.1 Å². The van der Waals surface area contributed by atoms with Crippen molar-refractivity contribution < 1.29 is 9.53 Å². The molecule has 0 saturated heterocycles. The van der Waals surface area contributed by atoms with E-state index in [0.29, 0.717) is 17.9 Å². The van der Waals surface area contributed by atoms with Gasteiger partial charge in [-0.2, -0.15) is 15.6 Å². The molecular formula is C14H14N4O2. The van der Waals surface area contributed by atoms with Crippen LogP contribution in [0.1, 0.15) is 30.1 Å². The summed E-state index contributed by atoms with van der Waals surface area (Å²) in [6.45, 7) is 2.40. The lowest BCUT2D eigenvalue weighted by molar-refractivity contribution is 0.0500. The number of nitrogens with zero attached hydrogens (tertiary/aromatic N) is 3. The average Bonchev–Trinajstić information content (AvgIpc) is 2.49. The largest absolute Gasteiger partial charge is 0.462 e. The Balaban J connectivity index is 2.71. The molecule has 6 heteroatoms. The van der Waals surface area contributed by atoms with Gasteiger partial charge in [-0.15, -0.1) is 0 Å². The lowest BCUT2D eigenvalue weighted by Gasteiger charge is -2.05. The maximum absolute atomic E-state index is 11.7. The molecule has 0 aromatic heterocycles. The van der Waals surface area contributed by atoms with Gasteiger partial charge in [0.1, 0.15) is 12.1 Å². The highest BCUT2D eigenvalue weighted by molar-refractivity contribution is 6.10. The summed E-state index contributed by atoms with van der Waals surface area (Å²) in [6.07, 6.45) is 1.77. The molecule has 0 unspecified atom stereocenters. The van der Waals surface area contributed by atoms with Crippen LogP contribution in [0.25, 0.3) is 0 Å². The van der Waals surface area contributed by atoms with Crippen molar-refractivity contribution in [1.82, 2.24) is 0 Å². The van der Waals surface area contributed by atoms with Gasteiger partial charge in [0.2, 0.25) is 5.71 Å². The summed E-state index contributed by atoms with van der Waals surface area (Å²) in [6, 6.07) is 9.75. The van der Waals surface area contributed by atoms with Crippen molar-refractivity contribution in [3.63, 3.8) is 0 Å². The molecule has 1 rings (SSSR count). The fourth-order valence-electron chi connectivity index (χ4n) is 1.30. The molecule has 6 nitrogen and oxygen atoms in total. The van der Waals surface area contributed by atoms with Crippen LogP contribution >= 0.6 is 0 Å². The highest BCUT2D eigenvalue weighted by Gasteiger charge is 2.07. The maximum atomic E-state index is 11.7. The smallest absolute Gasteiger partial charge is 0.338 e. The number of hydrogen-bond donors (Lipinski definition) is 1. The quantitative estimate of drug-likeness (QED) is 0.370. The number of carbonyl (C=O) groups is 1. The van der Waals surface area contributed by atoms with Crippen LogP contribution < -0.4 is 5.43 Å². The molecule has 0 spiro atoms. The number of rotatable bonds is 6. The number of esters is 1. The van der Waals surface area contributed by atoms with Gasteiger partial charge in [-0.05, 0) is 24.6 Å².